The quantitative estimate of drug-likeness (QED) is 0.264. The van der Waals surface area contributed by atoms with E-state index in [1.54, 1.807) is 6.92 Å². The second kappa shape index (κ2) is 6.33. The predicted octanol–water partition coefficient (Wildman–Crippen LogP) is -1.08. The van der Waals surface area contributed by atoms with Gasteiger partial charge in [0.15, 0.2) is 0 Å². The van der Waals surface area contributed by atoms with Crippen LogP contribution in [0.15, 0.2) is 0 Å². The molecular weight excluding hydrogens is 164 g/mol. The maximum Gasteiger partial charge on any atom is 0.0944 e. The molecule has 0 atom stereocenters. The zero-order chi connectivity index (χ0) is 9.45. The van der Waals surface area contributed by atoms with E-state index in [1.807, 2.05) is 0 Å². The summed E-state index contributed by atoms with van der Waals surface area (Å²) in [5.74, 6) is 0. The van der Waals surface area contributed by atoms with Gasteiger partial charge in [0.1, 0.15) is 0 Å². The van der Waals surface area contributed by atoms with Gasteiger partial charge in [0.05, 0.1) is 38.4 Å². The summed E-state index contributed by atoms with van der Waals surface area (Å²) in [6.45, 7) is 1.09. The Labute approximate surface area is 71.5 Å². The van der Waals surface area contributed by atoms with E-state index in [4.69, 9.17) is 15.3 Å². The average Bonchev–Trinajstić information content (AvgIpc) is 2.14. The van der Waals surface area contributed by atoms with Crippen LogP contribution in [0.3, 0.4) is 0 Å². The van der Waals surface area contributed by atoms with Crippen LogP contribution in [0.1, 0.15) is 6.92 Å². The minimum absolute atomic E-state index is 0.0235. The Morgan fingerprint density at radius 3 is 1.83 bits per heavy atom. The highest BCUT2D eigenvalue weighted by Gasteiger charge is 2.28. The minimum Gasteiger partial charge on any atom is -0.396 e. The lowest BCUT2D eigenvalue weighted by Crippen LogP contribution is -2.38. The first-order valence-corrected chi connectivity index (χ1v) is 3.81. The molecule has 0 fully saturated rings. The molecule has 3 N–H and O–H groups in total. The first-order chi connectivity index (χ1) is 5.74. The maximum absolute atomic E-state index is 8.82. The van der Waals surface area contributed by atoms with Crippen LogP contribution in [0.25, 0.3) is 0 Å². The fourth-order valence-electron chi connectivity index (χ4n) is 0.537. The van der Waals surface area contributed by atoms with E-state index in [2.05, 4.69) is 9.78 Å². The van der Waals surface area contributed by atoms with Crippen molar-refractivity contribution in [1.82, 2.24) is 0 Å². The third-order valence-electron chi connectivity index (χ3n) is 1.57. The van der Waals surface area contributed by atoms with Gasteiger partial charge in [-0.15, -0.1) is 0 Å². The summed E-state index contributed by atoms with van der Waals surface area (Å²) < 4.78 is 0. The summed E-state index contributed by atoms with van der Waals surface area (Å²) in [4.78, 5) is 9.20. The van der Waals surface area contributed by atoms with Gasteiger partial charge in [-0.25, -0.2) is 9.78 Å². The van der Waals surface area contributed by atoms with E-state index in [1.165, 1.54) is 0 Å². The molecule has 5 nitrogen and oxygen atoms in total. The van der Waals surface area contributed by atoms with Crippen LogP contribution in [0.5, 0.6) is 0 Å². The van der Waals surface area contributed by atoms with Crippen LogP contribution in [0.4, 0.5) is 0 Å². The maximum atomic E-state index is 8.82. The molecule has 5 heteroatoms. The Bertz CT molecular complexity index is 93.7. The molecule has 0 aromatic heterocycles. The molecule has 0 aromatic carbocycles. The largest absolute Gasteiger partial charge is 0.396 e. The molecule has 0 aliphatic carbocycles. The molecule has 0 aliphatic heterocycles. The van der Waals surface area contributed by atoms with Gasteiger partial charge in [0.25, 0.3) is 0 Å². The van der Waals surface area contributed by atoms with Gasteiger partial charge in [-0.05, 0) is 6.92 Å². The van der Waals surface area contributed by atoms with Crippen molar-refractivity contribution in [2.75, 3.05) is 33.0 Å². The van der Waals surface area contributed by atoms with Crippen LogP contribution in [-0.4, -0.2) is 48.4 Å². The number of aliphatic hydroxyl groups excluding tert-OH is 3. The van der Waals surface area contributed by atoms with E-state index < -0.39 is 5.41 Å². The first-order valence-electron chi connectivity index (χ1n) is 3.81. The third-order valence-corrected chi connectivity index (χ3v) is 1.57. The number of aliphatic hydroxyl groups is 3. The lowest BCUT2D eigenvalue weighted by atomic mass is 9.93. The van der Waals surface area contributed by atoms with Crippen molar-refractivity contribution in [3.63, 3.8) is 0 Å². The fraction of sp³-hybridized carbons (Fsp3) is 1.00. The summed E-state index contributed by atoms with van der Waals surface area (Å²) in [5, 5.41) is 26.5. The van der Waals surface area contributed by atoms with Gasteiger partial charge < -0.3 is 15.3 Å². The molecule has 0 saturated carbocycles. The highest BCUT2D eigenvalue weighted by Crippen LogP contribution is 2.14. The van der Waals surface area contributed by atoms with Crippen LogP contribution in [0.2, 0.25) is 0 Å². The molecule has 0 radical (unpaired) electrons. The van der Waals surface area contributed by atoms with Crippen molar-refractivity contribution in [3.05, 3.63) is 0 Å². The van der Waals surface area contributed by atoms with Gasteiger partial charge in [-0.3, -0.25) is 0 Å². The van der Waals surface area contributed by atoms with E-state index in [9.17, 15) is 0 Å². The lowest BCUT2D eigenvalue weighted by Gasteiger charge is -2.25. The van der Waals surface area contributed by atoms with Gasteiger partial charge in [0, 0.05) is 0 Å². The molecule has 0 amide bonds. The topological polar surface area (TPSA) is 79.2 Å². The fourth-order valence-corrected chi connectivity index (χ4v) is 0.537. The summed E-state index contributed by atoms with van der Waals surface area (Å²) >= 11 is 0. The number of rotatable bonds is 7. The first kappa shape index (κ1) is 11.8. The van der Waals surface area contributed by atoms with Crippen molar-refractivity contribution >= 4 is 0 Å². The van der Waals surface area contributed by atoms with Gasteiger partial charge in [-0.1, -0.05) is 0 Å². The summed E-state index contributed by atoms with van der Waals surface area (Å²) in [6.07, 6.45) is 0. The summed E-state index contributed by atoms with van der Waals surface area (Å²) in [6, 6.07) is 0. The summed E-state index contributed by atoms with van der Waals surface area (Å²) in [5.41, 5.74) is -1.00. The van der Waals surface area contributed by atoms with Crippen molar-refractivity contribution in [3.8, 4) is 0 Å². The molecular formula is C7H16O5. The summed E-state index contributed by atoms with van der Waals surface area (Å²) in [7, 11) is 0. The number of hydrogen-bond donors (Lipinski definition) is 3. The molecule has 0 aliphatic rings. The van der Waals surface area contributed by atoms with Crippen molar-refractivity contribution < 1.29 is 25.1 Å². The van der Waals surface area contributed by atoms with Crippen LogP contribution in [-0.2, 0) is 9.78 Å². The van der Waals surface area contributed by atoms with Crippen molar-refractivity contribution in [2.45, 2.75) is 6.92 Å². The highest BCUT2D eigenvalue weighted by molar-refractivity contribution is 4.75. The zero-order valence-corrected chi connectivity index (χ0v) is 7.19. The lowest BCUT2D eigenvalue weighted by molar-refractivity contribution is -0.313. The van der Waals surface area contributed by atoms with Crippen molar-refractivity contribution in [1.29, 1.82) is 0 Å². The monoisotopic (exact) mass is 180 g/mol. The molecule has 12 heavy (non-hydrogen) atoms. The van der Waals surface area contributed by atoms with E-state index >= 15 is 0 Å². The van der Waals surface area contributed by atoms with Crippen LogP contribution < -0.4 is 0 Å². The zero-order valence-electron chi connectivity index (χ0n) is 7.19. The van der Waals surface area contributed by atoms with Gasteiger partial charge in [-0.2, -0.15) is 0 Å². The van der Waals surface area contributed by atoms with E-state index in [-0.39, 0.29) is 26.4 Å². The van der Waals surface area contributed by atoms with E-state index in [0.717, 1.165) is 0 Å². The Balaban J connectivity index is 3.76. The van der Waals surface area contributed by atoms with Crippen molar-refractivity contribution in [2.24, 2.45) is 5.41 Å². The Morgan fingerprint density at radius 2 is 1.50 bits per heavy atom. The van der Waals surface area contributed by atoms with Crippen LogP contribution >= 0.6 is 0 Å². The SMILES string of the molecule is CCOOCC(CO)(CO)CO. The third kappa shape index (κ3) is 3.46. The second-order valence-electron chi connectivity index (χ2n) is 2.64. The molecule has 0 rings (SSSR count). The average molecular weight is 180 g/mol. The molecule has 74 valence electrons. The standard InChI is InChI=1S/C7H16O5/c1-2-11-12-6-7(3-8,4-9)5-10/h8-10H,2-6H2,1H3. The molecule has 0 heterocycles. The second-order valence-corrected chi connectivity index (χ2v) is 2.64. The van der Waals surface area contributed by atoms with E-state index in [0.29, 0.717) is 6.61 Å². The number of hydrogen-bond acceptors (Lipinski definition) is 5. The molecule has 0 saturated heterocycles. The molecule has 0 aromatic rings. The predicted molar refractivity (Wildman–Crippen MR) is 41.3 cm³/mol. The molecule has 0 unspecified atom stereocenters. The Morgan fingerprint density at radius 1 is 1.00 bits per heavy atom. The Kier molecular flexibility index (Phi) is 6.23. The van der Waals surface area contributed by atoms with Crippen LogP contribution in [0, 0.1) is 5.41 Å². The highest BCUT2D eigenvalue weighted by atomic mass is 17.2. The molecule has 0 spiro atoms. The smallest absolute Gasteiger partial charge is 0.0944 e. The van der Waals surface area contributed by atoms with Gasteiger partial charge in [0.2, 0.25) is 0 Å². The molecule has 0 bridgehead atoms. The normalized spacial score (nSPS) is 12.0. The van der Waals surface area contributed by atoms with Gasteiger partial charge >= 0.3 is 0 Å². The minimum atomic E-state index is -1.00. The Hall–Kier alpha value is -0.200.